The standard InChI is InChI=1S/C14H9BrClN3O/c15-11-4-3-10(16)6-13(11)18-14(20)8-1-2-9-7-17-19-12(9)5-8/h1-7H,(H,17,19)(H,18,20). The van der Waals surface area contributed by atoms with E-state index in [1.54, 1.807) is 36.5 Å². The van der Waals surface area contributed by atoms with Crippen molar-refractivity contribution in [3.05, 3.63) is 57.7 Å². The van der Waals surface area contributed by atoms with Gasteiger partial charge in [0, 0.05) is 20.4 Å². The number of nitrogens with one attached hydrogen (secondary N) is 2. The molecule has 1 heterocycles. The van der Waals surface area contributed by atoms with Gasteiger partial charge in [0.15, 0.2) is 0 Å². The number of aromatic nitrogens is 2. The second kappa shape index (κ2) is 5.26. The number of carbonyl (C=O) groups is 1. The van der Waals surface area contributed by atoms with Crippen LogP contribution in [0.2, 0.25) is 5.02 Å². The van der Waals surface area contributed by atoms with Crippen LogP contribution in [0.15, 0.2) is 47.1 Å². The smallest absolute Gasteiger partial charge is 0.255 e. The van der Waals surface area contributed by atoms with Gasteiger partial charge in [-0.3, -0.25) is 9.89 Å². The van der Waals surface area contributed by atoms with Gasteiger partial charge in [-0.25, -0.2) is 0 Å². The number of halogens is 2. The zero-order valence-corrected chi connectivity index (χ0v) is 12.5. The van der Waals surface area contributed by atoms with Gasteiger partial charge in [-0.1, -0.05) is 17.7 Å². The first-order chi connectivity index (χ1) is 9.63. The minimum absolute atomic E-state index is 0.204. The molecule has 0 unspecified atom stereocenters. The molecule has 20 heavy (non-hydrogen) atoms. The molecule has 0 radical (unpaired) electrons. The Kier molecular flexibility index (Phi) is 3.46. The summed E-state index contributed by atoms with van der Waals surface area (Å²) in [6.45, 7) is 0. The Balaban J connectivity index is 1.90. The van der Waals surface area contributed by atoms with Crippen LogP contribution in [0.3, 0.4) is 0 Å². The third kappa shape index (κ3) is 2.55. The largest absolute Gasteiger partial charge is 0.321 e. The number of hydrogen-bond donors (Lipinski definition) is 2. The van der Waals surface area contributed by atoms with Gasteiger partial charge in [0.25, 0.3) is 5.91 Å². The van der Waals surface area contributed by atoms with Crippen LogP contribution < -0.4 is 5.32 Å². The Morgan fingerprint density at radius 3 is 2.95 bits per heavy atom. The highest BCUT2D eigenvalue weighted by atomic mass is 79.9. The lowest BCUT2D eigenvalue weighted by atomic mass is 10.1. The first kappa shape index (κ1) is 13.1. The first-order valence-corrected chi connectivity index (χ1v) is 7.00. The lowest BCUT2D eigenvalue weighted by Crippen LogP contribution is -2.12. The molecule has 2 aromatic carbocycles. The van der Waals surface area contributed by atoms with Crippen molar-refractivity contribution in [3.8, 4) is 0 Å². The normalized spacial score (nSPS) is 10.7. The van der Waals surface area contributed by atoms with Gasteiger partial charge >= 0.3 is 0 Å². The molecule has 1 amide bonds. The predicted octanol–water partition coefficient (Wildman–Crippen LogP) is 4.23. The van der Waals surface area contributed by atoms with Crippen LogP contribution in [0.5, 0.6) is 0 Å². The summed E-state index contributed by atoms with van der Waals surface area (Å²) in [5.74, 6) is -0.204. The van der Waals surface area contributed by atoms with E-state index in [9.17, 15) is 4.79 Å². The minimum Gasteiger partial charge on any atom is -0.321 e. The summed E-state index contributed by atoms with van der Waals surface area (Å²) in [4.78, 5) is 12.2. The Hall–Kier alpha value is -1.85. The molecule has 0 saturated carbocycles. The van der Waals surface area contributed by atoms with Gasteiger partial charge in [-0.05, 0) is 46.3 Å². The maximum absolute atomic E-state index is 12.2. The van der Waals surface area contributed by atoms with E-state index in [0.717, 1.165) is 15.4 Å². The summed E-state index contributed by atoms with van der Waals surface area (Å²) in [6.07, 6.45) is 1.71. The van der Waals surface area contributed by atoms with Crippen LogP contribution in [0.25, 0.3) is 10.9 Å². The van der Waals surface area contributed by atoms with Crippen molar-refractivity contribution >= 4 is 50.0 Å². The quantitative estimate of drug-likeness (QED) is 0.726. The van der Waals surface area contributed by atoms with E-state index in [-0.39, 0.29) is 5.91 Å². The van der Waals surface area contributed by atoms with Crippen molar-refractivity contribution in [1.82, 2.24) is 10.2 Å². The second-order valence-corrected chi connectivity index (χ2v) is 5.54. The molecule has 0 aliphatic carbocycles. The van der Waals surface area contributed by atoms with Crippen LogP contribution in [0.4, 0.5) is 5.69 Å². The summed E-state index contributed by atoms with van der Waals surface area (Å²) in [5, 5.41) is 11.1. The Labute approximate surface area is 128 Å². The molecule has 1 aromatic heterocycles. The molecule has 0 saturated heterocycles. The molecule has 0 aliphatic rings. The number of fused-ring (bicyclic) bond motifs is 1. The van der Waals surface area contributed by atoms with Gasteiger partial charge < -0.3 is 5.32 Å². The topological polar surface area (TPSA) is 57.8 Å². The third-order valence-corrected chi connectivity index (χ3v) is 3.81. The first-order valence-electron chi connectivity index (χ1n) is 5.83. The number of H-pyrrole nitrogens is 1. The fourth-order valence-electron chi connectivity index (χ4n) is 1.87. The summed E-state index contributed by atoms with van der Waals surface area (Å²) in [5.41, 5.74) is 2.00. The molecule has 3 rings (SSSR count). The number of nitrogens with zero attached hydrogens (tertiary/aromatic N) is 1. The number of aromatic amines is 1. The SMILES string of the molecule is O=C(Nc1cc(Cl)ccc1Br)c1ccc2cn[nH]c2c1. The molecular weight excluding hydrogens is 342 g/mol. The molecule has 0 bridgehead atoms. The van der Waals surface area contributed by atoms with Gasteiger partial charge in [0.1, 0.15) is 0 Å². The van der Waals surface area contributed by atoms with Gasteiger partial charge in [0.2, 0.25) is 0 Å². The summed E-state index contributed by atoms with van der Waals surface area (Å²) in [6, 6.07) is 10.6. The van der Waals surface area contributed by atoms with E-state index in [2.05, 4.69) is 31.4 Å². The van der Waals surface area contributed by atoms with Crippen molar-refractivity contribution in [2.75, 3.05) is 5.32 Å². The minimum atomic E-state index is -0.204. The van der Waals surface area contributed by atoms with E-state index in [0.29, 0.717) is 16.3 Å². The number of anilines is 1. The van der Waals surface area contributed by atoms with Gasteiger partial charge in [-0.15, -0.1) is 0 Å². The van der Waals surface area contributed by atoms with E-state index in [4.69, 9.17) is 11.6 Å². The van der Waals surface area contributed by atoms with Crippen molar-refractivity contribution in [2.45, 2.75) is 0 Å². The highest BCUT2D eigenvalue weighted by Crippen LogP contribution is 2.26. The monoisotopic (exact) mass is 349 g/mol. The van der Waals surface area contributed by atoms with Gasteiger partial charge in [0.05, 0.1) is 17.4 Å². The number of benzene rings is 2. The predicted molar refractivity (Wildman–Crippen MR) is 83.2 cm³/mol. The number of amides is 1. The molecule has 2 N–H and O–H groups in total. The number of rotatable bonds is 2. The van der Waals surface area contributed by atoms with Crippen LogP contribution in [0, 0.1) is 0 Å². The van der Waals surface area contributed by atoms with E-state index in [1.807, 2.05) is 6.07 Å². The number of hydrogen-bond acceptors (Lipinski definition) is 2. The van der Waals surface area contributed by atoms with Crippen LogP contribution in [-0.4, -0.2) is 16.1 Å². The lowest BCUT2D eigenvalue weighted by molar-refractivity contribution is 0.102. The van der Waals surface area contributed by atoms with Crippen molar-refractivity contribution in [3.63, 3.8) is 0 Å². The van der Waals surface area contributed by atoms with Crippen molar-refractivity contribution in [1.29, 1.82) is 0 Å². The van der Waals surface area contributed by atoms with Crippen LogP contribution in [0.1, 0.15) is 10.4 Å². The molecule has 3 aromatic rings. The van der Waals surface area contributed by atoms with Crippen molar-refractivity contribution < 1.29 is 4.79 Å². The Bertz CT molecular complexity index is 800. The molecule has 100 valence electrons. The zero-order chi connectivity index (χ0) is 14.1. The molecule has 0 spiro atoms. The van der Waals surface area contributed by atoms with Crippen LogP contribution in [-0.2, 0) is 0 Å². The van der Waals surface area contributed by atoms with E-state index in [1.165, 1.54) is 0 Å². The molecule has 0 atom stereocenters. The van der Waals surface area contributed by atoms with E-state index >= 15 is 0 Å². The molecule has 4 nitrogen and oxygen atoms in total. The number of carbonyl (C=O) groups excluding carboxylic acids is 1. The summed E-state index contributed by atoms with van der Waals surface area (Å²) >= 11 is 9.30. The molecular formula is C14H9BrClN3O. The van der Waals surface area contributed by atoms with Crippen molar-refractivity contribution in [2.24, 2.45) is 0 Å². The highest BCUT2D eigenvalue weighted by Gasteiger charge is 2.10. The summed E-state index contributed by atoms with van der Waals surface area (Å²) in [7, 11) is 0. The molecule has 6 heteroatoms. The average molecular weight is 351 g/mol. The zero-order valence-electron chi connectivity index (χ0n) is 10.2. The fourth-order valence-corrected chi connectivity index (χ4v) is 2.38. The summed E-state index contributed by atoms with van der Waals surface area (Å²) < 4.78 is 0.776. The maximum atomic E-state index is 12.2. The Morgan fingerprint density at radius 2 is 2.10 bits per heavy atom. The highest BCUT2D eigenvalue weighted by molar-refractivity contribution is 9.10. The maximum Gasteiger partial charge on any atom is 0.255 e. The Morgan fingerprint density at radius 1 is 1.25 bits per heavy atom. The third-order valence-electron chi connectivity index (χ3n) is 2.88. The lowest BCUT2D eigenvalue weighted by Gasteiger charge is -2.08. The second-order valence-electron chi connectivity index (χ2n) is 4.25. The fraction of sp³-hybridized carbons (Fsp3) is 0. The molecule has 0 aliphatic heterocycles. The van der Waals surface area contributed by atoms with E-state index < -0.39 is 0 Å². The average Bonchev–Trinajstić information content (AvgIpc) is 2.90. The van der Waals surface area contributed by atoms with Gasteiger partial charge in [-0.2, -0.15) is 5.10 Å². The molecule has 0 fully saturated rings. The van der Waals surface area contributed by atoms with Crippen LogP contribution >= 0.6 is 27.5 Å².